The lowest BCUT2D eigenvalue weighted by molar-refractivity contribution is -0.116. The van der Waals surface area contributed by atoms with Gasteiger partial charge in [0.25, 0.3) is 0 Å². The summed E-state index contributed by atoms with van der Waals surface area (Å²) in [6.07, 6.45) is 1.48. The van der Waals surface area contributed by atoms with Crippen molar-refractivity contribution >= 4 is 45.3 Å². The monoisotopic (exact) mass is 460 g/mol. The van der Waals surface area contributed by atoms with E-state index in [0.29, 0.717) is 46.9 Å². The lowest BCUT2D eigenvalue weighted by Gasteiger charge is -2.04. The fraction of sp³-hybridized carbons (Fsp3) is 0.200. The predicted octanol–water partition coefficient (Wildman–Crippen LogP) is 5.55. The fourth-order valence-corrected chi connectivity index (χ4v) is 4.38. The topological polar surface area (TPSA) is 90.1 Å². The van der Waals surface area contributed by atoms with Gasteiger partial charge in [-0.15, -0.1) is 22.7 Å². The summed E-state index contributed by atoms with van der Waals surface area (Å²) < 4.78 is 10.4. The molecule has 4 rings (SSSR count). The average Bonchev–Trinajstić information content (AvgIpc) is 3.49. The first-order valence-corrected chi connectivity index (χ1v) is 11.2. The van der Waals surface area contributed by atoms with Crippen LogP contribution in [0.1, 0.15) is 18.7 Å². The van der Waals surface area contributed by atoms with Gasteiger partial charge in [0.05, 0.1) is 22.7 Å². The van der Waals surface area contributed by atoms with E-state index < -0.39 is 0 Å². The van der Waals surface area contributed by atoms with E-state index in [1.54, 1.807) is 30.6 Å². The molecule has 0 spiro atoms. The van der Waals surface area contributed by atoms with Gasteiger partial charge < -0.3 is 14.6 Å². The Bertz CT molecular complexity index is 1140. The number of anilines is 1. The molecule has 1 N–H and O–H groups in total. The first-order chi connectivity index (χ1) is 14.6. The molecule has 0 atom stereocenters. The van der Waals surface area contributed by atoms with Gasteiger partial charge in [-0.2, -0.15) is 4.98 Å². The Balaban J connectivity index is 1.28. The summed E-state index contributed by atoms with van der Waals surface area (Å²) >= 11 is 9.09. The predicted molar refractivity (Wildman–Crippen MR) is 118 cm³/mol. The molecule has 3 heterocycles. The smallest absolute Gasteiger partial charge is 0.226 e. The zero-order chi connectivity index (χ0) is 20.9. The Morgan fingerprint density at radius 3 is 2.93 bits per heavy atom. The zero-order valence-electron chi connectivity index (χ0n) is 15.9. The summed E-state index contributed by atoms with van der Waals surface area (Å²) in [5.41, 5.74) is 1.60. The van der Waals surface area contributed by atoms with Crippen LogP contribution in [0, 0.1) is 0 Å². The number of methoxy groups -OCH3 is 1. The van der Waals surface area contributed by atoms with E-state index >= 15 is 0 Å². The SMILES string of the molecule is COc1ccc(-c2csc(NC(=O)CCCc3nc(-c4cccs4)no3)n2)cc1Cl. The van der Waals surface area contributed by atoms with Crippen molar-refractivity contribution in [2.45, 2.75) is 19.3 Å². The first-order valence-electron chi connectivity index (χ1n) is 9.08. The number of aromatic nitrogens is 3. The van der Waals surface area contributed by atoms with Gasteiger partial charge >= 0.3 is 0 Å². The Morgan fingerprint density at radius 2 is 2.17 bits per heavy atom. The number of nitrogens with zero attached hydrogens (tertiary/aromatic N) is 3. The van der Waals surface area contributed by atoms with E-state index in [4.69, 9.17) is 20.9 Å². The molecule has 0 unspecified atom stereocenters. The van der Waals surface area contributed by atoms with Crippen molar-refractivity contribution in [3.8, 4) is 27.7 Å². The molecule has 0 radical (unpaired) electrons. The van der Waals surface area contributed by atoms with E-state index in [-0.39, 0.29) is 5.91 Å². The van der Waals surface area contributed by atoms with Gasteiger partial charge in [0.1, 0.15) is 5.75 Å². The average molecular weight is 461 g/mol. The number of amides is 1. The molecule has 154 valence electrons. The molecule has 0 fully saturated rings. The summed E-state index contributed by atoms with van der Waals surface area (Å²) in [5, 5.41) is 11.7. The quantitative estimate of drug-likeness (QED) is 0.371. The Kier molecular flexibility index (Phi) is 6.41. The highest BCUT2D eigenvalue weighted by atomic mass is 35.5. The summed E-state index contributed by atoms with van der Waals surface area (Å²) in [5.74, 6) is 1.60. The molecular weight excluding hydrogens is 444 g/mol. The van der Waals surface area contributed by atoms with Crippen molar-refractivity contribution < 1.29 is 14.1 Å². The minimum absolute atomic E-state index is 0.110. The van der Waals surface area contributed by atoms with Crippen molar-refractivity contribution in [3.63, 3.8) is 0 Å². The number of halogens is 1. The summed E-state index contributed by atoms with van der Waals surface area (Å²) in [7, 11) is 1.57. The maximum Gasteiger partial charge on any atom is 0.226 e. The van der Waals surface area contributed by atoms with Crippen LogP contribution in [0.25, 0.3) is 22.0 Å². The van der Waals surface area contributed by atoms with Crippen molar-refractivity contribution in [3.05, 3.63) is 52.0 Å². The van der Waals surface area contributed by atoms with Crippen LogP contribution in [0.5, 0.6) is 5.75 Å². The summed E-state index contributed by atoms with van der Waals surface area (Å²) in [6, 6.07) is 9.33. The maximum atomic E-state index is 12.2. The third-order valence-electron chi connectivity index (χ3n) is 4.20. The van der Waals surface area contributed by atoms with Crippen LogP contribution in [0.4, 0.5) is 5.13 Å². The van der Waals surface area contributed by atoms with E-state index in [0.717, 1.165) is 16.1 Å². The van der Waals surface area contributed by atoms with Gasteiger partial charge in [0, 0.05) is 23.8 Å². The van der Waals surface area contributed by atoms with Gasteiger partial charge in [-0.1, -0.05) is 22.8 Å². The van der Waals surface area contributed by atoms with Crippen LogP contribution < -0.4 is 10.1 Å². The highest BCUT2D eigenvalue weighted by Gasteiger charge is 2.12. The molecule has 1 amide bonds. The molecule has 10 heteroatoms. The Hall–Kier alpha value is -2.75. The van der Waals surface area contributed by atoms with Crippen molar-refractivity contribution in [2.75, 3.05) is 12.4 Å². The molecule has 1 aromatic carbocycles. The molecule has 7 nitrogen and oxygen atoms in total. The molecule has 0 saturated carbocycles. The number of benzene rings is 1. The van der Waals surface area contributed by atoms with E-state index in [2.05, 4.69) is 20.4 Å². The van der Waals surface area contributed by atoms with Crippen LogP contribution in [0.3, 0.4) is 0 Å². The second-order valence-electron chi connectivity index (χ2n) is 6.28. The number of hydrogen-bond donors (Lipinski definition) is 1. The Morgan fingerprint density at radius 1 is 1.27 bits per heavy atom. The van der Waals surface area contributed by atoms with Gasteiger partial charge in [0.2, 0.25) is 17.6 Å². The number of ether oxygens (including phenoxy) is 1. The molecular formula is C20H17ClN4O3S2. The van der Waals surface area contributed by atoms with Crippen molar-refractivity contribution in [1.29, 1.82) is 0 Å². The highest BCUT2D eigenvalue weighted by molar-refractivity contribution is 7.14. The molecule has 0 aliphatic heterocycles. The van der Waals surface area contributed by atoms with E-state index in [9.17, 15) is 4.79 Å². The van der Waals surface area contributed by atoms with Crippen molar-refractivity contribution in [1.82, 2.24) is 15.1 Å². The molecule has 0 aliphatic rings. The number of thiazole rings is 1. The number of rotatable bonds is 8. The van der Waals surface area contributed by atoms with Crippen LogP contribution in [0.2, 0.25) is 5.02 Å². The standard InChI is InChI=1S/C20H17ClN4O3S2/c1-27-15-8-7-12(10-13(15)21)14-11-30-20(22-14)23-17(26)5-2-6-18-24-19(25-28-18)16-4-3-9-29-16/h3-4,7-11H,2,5-6H2,1H3,(H,22,23,26). The first kappa shape index (κ1) is 20.5. The molecule has 0 aliphatic carbocycles. The summed E-state index contributed by atoms with van der Waals surface area (Å²) in [6.45, 7) is 0. The molecule has 30 heavy (non-hydrogen) atoms. The number of thiophene rings is 1. The van der Waals surface area contributed by atoms with Gasteiger partial charge in [-0.3, -0.25) is 4.79 Å². The van der Waals surface area contributed by atoms with Gasteiger partial charge in [-0.25, -0.2) is 4.98 Å². The number of carbonyl (C=O) groups excluding carboxylic acids is 1. The number of aryl methyl sites for hydroxylation is 1. The van der Waals surface area contributed by atoms with E-state index in [1.165, 1.54) is 11.3 Å². The normalized spacial score (nSPS) is 10.9. The second-order valence-corrected chi connectivity index (χ2v) is 8.49. The minimum Gasteiger partial charge on any atom is -0.495 e. The van der Waals surface area contributed by atoms with Crippen LogP contribution in [-0.4, -0.2) is 28.1 Å². The van der Waals surface area contributed by atoms with Crippen LogP contribution in [-0.2, 0) is 11.2 Å². The molecule has 0 bridgehead atoms. The van der Waals surface area contributed by atoms with Gasteiger partial charge in [0.15, 0.2) is 5.13 Å². The summed E-state index contributed by atoms with van der Waals surface area (Å²) in [4.78, 5) is 22.0. The van der Waals surface area contributed by atoms with Crippen LogP contribution in [0.15, 0.2) is 45.6 Å². The molecule has 0 saturated heterocycles. The lowest BCUT2D eigenvalue weighted by atomic mass is 10.2. The zero-order valence-corrected chi connectivity index (χ0v) is 18.3. The fourth-order valence-electron chi connectivity index (χ4n) is 2.73. The third kappa shape index (κ3) is 4.86. The number of hydrogen-bond acceptors (Lipinski definition) is 8. The second kappa shape index (κ2) is 9.38. The molecule has 4 aromatic rings. The third-order valence-corrected chi connectivity index (χ3v) is 6.12. The maximum absolute atomic E-state index is 12.2. The number of nitrogens with one attached hydrogen (secondary N) is 1. The minimum atomic E-state index is -0.110. The van der Waals surface area contributed by atoms with Gasteiger partial charge in [-0.05, 0) is 36.1 Å². The largest absolute Gasteiger partial charge is 0.495 e. The Labute approximate surface area is 185 Å². The van der Waals surface area contributed by atoms with E-state index in [1.807, 2.05) is 29.0 Å². The molecule has 3 aromatic heterocycles. The highest BCUT2D eigenvalue weighted by Crippen LogP contribution is 2.31. The van der Waals surface area contributed by atoms with Crippen LogP contribution >= 0.6 is 34.3 Å². The van der Waals surface area contributed by atoms with Crippen molar-refractivity contribution in [2.24, 2.45) is 0 Å². The number of carbonyl (C=O) groups is 1. The lowest BCUT2D eigenvalue weighted by Crippen LogP contribution is -2.11.